The van der Waals surface area contributed by atoms with Gasteiger partial charge in [0.05, 0.1) is 24.3 Å². The summed E-state index contributed by atoms with van der Waals surface area (Å²) in [5.41, 5.74) is -0.612. The number of hydrogen-bond donors (Lipinski definition) is 1. The minimum absolute atomic E-state index is 0.00777. The van der Waals surface area contributed by atoms with Crippen LogP contribution in [0, 0.1) is 17.6 Å². The quantitative estimate of drug-likeness (QED) is 0.471. The van der Waals surface area contributed by atoms with Gasteiger partial charge >= 0.3 is 0 Å². The average molecular weight is 500 g/mol. The topological polar surface area (TPSA) is 71.5 Å². The maximum Gasteiger partial charge on any atom is 0.280 e. The minimum Gasteiger partial charge on any atom is -0.381 e. The third-order valence-electron chi connectivity index (χ3n) is 6.26. The smallest absolute Gasteiger partial charge is 0.280 e. The minimum atomic E-state index is -2.84. The highest BCUT2D eigenvalue weighted by atomic mass is 35.5. The molecule has 34 heavy (non-hydrogen) atoms. The largest absolute Gasteiger partial charge is 0.381 e. The maximum absolute atomic E-state index is 14.6. The Hall–Kier alpha value is -2.72. The van der Waals surface area contributed by atoms with Crippen LogP contribution in [0.5, 0.6) is 0 Å². The van der Waals surface area contributed by atoms with E-state index < -0.39 is 47.7 Å². The molecule has 1 aromatic carbocycles. The Kier molecular flexibility index (Phi) is 7.09. The van der Waals surface area contributed by atoms with E-state index in [0.717, 1.165) is 24.4 Å². The van der Waals surface area contributed by atoms with Crippen molar-refractivity contribution < 1.29 is 31.9 Å². The molecule has 0 saturated carbocycles. The Morgan fingerprint density at radius 3 is 2.56 bits per heavy atom. The second-order valence-corrected chi connectivity index (χ2v) is 8.90. The zero-order chi connectivity index (χ0) is 24.6. The summed E-state index contributed by atoms with van der Waals surface area (Å²) in [7, 11) is 0. The molecule has 0 radical (unpaired) electrons. The highest BCUT2D eigenvalue weighted by molar-refractivity contribution is 6.30. The number of carbonyl (C=O) groups is 2. The molecule has 182 valence electrons. The molecule has 2 aromatic rings. The predicted molar refractivity (Wildman–Crippen MR) is 114 cm³/mol. The van der Waals surface area contributed by atoms with Crippen LogP contribution in [0.25, 0.3) is 0 Å². The van der Waals surface area contributed by atoms with Crippen LogP contribution in [0.2, 0.25) is 5.02 Å². The van der Waals surface area contributed by atoms with E-state index in [1.165, 1.54) is 11.0 Å². The van der Waals surface area contributed by atoms with Crippen molar-refractivity contribution in [3.05, 3.63) is 63.9 Å². The Morgan fingerprint density at radius 1 is 1.18 bits per heavy atom. The molecule has 0 aliphatic carbocycles. The first-order chi connectivity index (χ1) is 16.2. The van der Waals surface area contributed by atoms with Crippen LogP contribution in [0.4, 0.5) is 17.6 Å². The lowest BCUT2D eigenvalue weighted by atomic mass is 9.90. The van der Waals surface area contributed by atoms with Crippen molar-refractivity contribution in [1.29, 1.82) is 0 Å². The summed E-state index contributed by atoms with van der Waals surface area (Å²) in [6.07, 6.45) is -0.883. The van der Waals surface area contributed by atoms with E-state index in [1.807, 2.05) is 0 Å². The molecule has 2 fully saturated rings. The van der Waals surface area contributed by atoms with Gasteiger partial charge in [0.1, 0.15) is 23.4 Å². The van der Waals surface area contributed by atoms with Crippen LogP contribution >= 0.6 is 11.6 Å². The van der Waals surface area contributed by atoms with Crippen molar-refractivity contribution >= 4 is 23.4 Å². The van der Waals surface area contributed by atoms with Crippen LogP contribution < -0.4 is 5.32 Å². The first kappa shape index (κ1) is 24.4. The van der Waals surface area contributed by atoms with Crippen molar-refractivity contribution in [3.8, 4) is 0 Å². The fourth-order valence-corrected chi connectivity index (χ4v) is 4.51. The summed E-state index contributed by atoms with van der Waals surface area (Å²) in [6.45, 7) is 2.24. The average Bonchev–Trinajstić information content (AvgIpc) is 3.15. The number of aromatic nitrogens is 1. The van der Waals surface area contributed by atoms with Gasteiger partial charge in [0.2, 0.25) is 5.91 Å². The molecule has 2 aliphatic heterocycles. The molecule has 2 saturated heterocycles. The van der Waals surface area contributed by atoms with E-state index in [9.17, 15) is 27.2 Å². The molecule has 4 rings (SSSR count). The van der Waals surface area contributed by atoms with Crippen LogP contribution in [0.3, 0.4) is 0 Å². The van der Waals surface area contributed by atoms with Crippen molar-refractivity contribution in [2.24, 2.45) is 5.92 Å². The number of ether oxygens (including phenoxy) is 1. The lowest BCUT2D eigenvalue weighted by Crippen LogP contribution is -2.51. The number of nitrogens with one attached hydrogen (secondary N) is 1. The summed E-state index contributed by atoms with van der Waals surface area (Å²) in [4.78, 5) is 31.4. The second kappa shape index (κ2) is 9.87. The number of rotatable bonds is 6. The van der Waals surface area contributed by atoms with Crippen molar-refractivity contribution in [3.63, 3.8) is 0 Å². The molecule has 0 bridgehead atoms. The van der Waals surface area contributed by atoms with Crippen molar-refractivity contribution in [1.82, 2.24) is 15.2 Å². The summed E-state index contributed by atoms with van der Waals surface area (Å²) in [5, 5.41) is 2.38. The highest BCUT2D eigenvalue weighted by Crippen LogP contribution is 2.34. The van der Waals surface area contributed by atoms with E-state index in [2.05, 4.69) is 10.3 Å². The molecule has 0 unspecified atom stereocenters. The number of nitrogens with zero attached hydrogens (tertiary/aromatic N) is 2. The number of carbonyl (C=O) groups excluding carboxylic acids is 2. The van der Waals surface area contributed by atoms with E-state index in [0.29, 0.717) is 12.8 Å². The van der Waals surface area contributed by atoms with Gasteiger partial charge in [-0.25, -0.2) is 17.6 Å². The van der Waals surface area contributed by atoms with E-state index in [-0.39, 0.29) is 41.3 Å². The number of hydrogen-bond acceptors (Lipinski definition) is 4. The first-order valence-corrected chi connectivity index (χ1v) is 11.1. The third kappa shape index (κ3) is 4.74. The highest BCUT2D eigenvalue weighted by Gasteiger charge is 2.42. The predicted octanol–water partition coefficient (Wildman–Crippen LogP) is 4.45. The number of halogens is 5. The van der Waals surface area contributed by atoms with Crippen LogP contribution in [-0.4, -0.2) is 47.0 Å². The van der Waals surface area contributed by atoms with Gasteiger partial charge in [-0.1, -0.05) is 11.6 Å². The van der Waals surface area contributed by atoms with Gasteiger partial charge in [-0.3, -0.25) is 14.6 Å². The maximum atomic E-state index is 14.6. The lowest BCUT2D eigenvalue weighted by Gasteiger charge is -2.36. The molecule has 3 atom stereocenters. The molecule has 1 aromatic heterocycles. The number of likely N-dealkylation sites (tertiary alicyclic amines) is 1. The van der Waals surface area contributed by atoms with Gasteiger partial charge in [-0.05, 0) is 44.0 Å². The molecule has 6 nitrogen and oxygen atoms in total. The molecule has 2 aliphatic rings. The van der Waals surface area contributed by atoms with Gasteiger partial charge in [0, 0.05) is 29.3 Å². The Balaban J connectivity index is 1.58. The zero-order valence-corrected chi connectivity index (χ0v) is 18.9. The monoisotopic (exact) mass is 499 g/mol. The molecule has 1 N–H and O–H groups in total. The van der Waals surface area contributed by atoms with Crippen LogP contribution in [0.15, 0.2) is 30.5 Å². The fourth-order valence-electron chi connectivity index (χ4n) is 4.35. The zero-order valence-electron chi connectivity index (χ0n) is 18.1. The van der Waals surface area contributed by atoms with Crippen LogP contribution in [0.1, 0.15) is 53.8 Å². The standard InChI is InChI=1S/C23H22ClF4N3O3/c1-11-2-3-19(31(11)23(33)12-4-5-29-18(6-12)21(27)28)22(32)30-20(13-9-34-10-13)14-7-17(26)15(24)8-16(14)25/h4-8,11,13,19-21H,2-3,9-10H2,1H3,(H,30,32)/t11-,19-,20-/m1/s1. The number of benzene rings is 1. The van der Waals surface area contributed by atoms with E-state index in [1.54, 1.807) is 6.92 Å². The molecule has 3 heterocycles. The molecule has 2 amide bonds. The van der Waals surface area contributed by atoms with E-state index >= 15 is 0 Å². The fraction of sp³-hybridized carbons (Fsp3) is 0.435. The molecule has 0 spiro atoms. The summed E-state index contributed by atoms with van der Waals surface area (Å²) in [6, 6.07) is 1.98. The number of alkyl halides is 2. The van der Waals surface area contributed by atoms with Gasteiger partial charge in [0.15, 0.2) is 0 Å². The Morgan fingerprint density at radius 2 is 1.91 bits per heavy atom. The van der Waals surface area contributed by atoms with Crippen molar-refractivity contribution in [2.75, 3.05) is 13.2 Å². The van der Waals surface area contributed by atoms with Gasteiger partial charge in [-0.15, -0.1) is 0 Å². The normalized spacial score (nSPS) is 21.4. The molecular formula is C23H22ClF4N3O3. The third-order valence-corrected chi connectivity index (χ3v) is 6.55. The summed E-state index contributed by atoms with van der Waals surface area (Å²) >= 11 is 5.66. The Labute approximate surface area is 198 Å². The summed E-state index contributed by atoms with van der Waals surface area (Å²) < 4.78 is 60.0. The van der Waals surface area contributed by atoms with Gasteiger partial charge in [0.25, 0.3) is 12.3 Å². The van der Waals surface area contributed by atoms with Crippen LogP contribution in [-0.2, 0) is 9.53 Å². The van der Waals surface area contributed by atoms with Gasteiger partial charge < -0.3 is 15.0 Å². The Bertz CT molecular complexity index is 1100. The van der Waals surface area contributed by atoms with Gasteiger partial charge in [-0.2, -0.15) is 0 Å². The lowest BCUT2D eigenvalue weighted by molar-refractivity contribution is -0.128. The SMILES string of the molecule is C[C@@H]1CC[C@H](C(=O)N[C@@H](c2cc(F)c(Cl)cc2F)C2COC2)N1C(=O)c1ccnc(C(F)F)c1. The molecule has 11 heteroatoms. The summed E-state index contributed by atoms with van der Waals surface area (Å²) in [5.74, 6) is -3.02. The van der Waals surface area contributed by atoms with Crippen molar-refractivity contribution in [2.45, 2.75) is 44.3 Å². The number of amides is 2. The second-order valence-electron chi connectivity index (χ2n) is 8.50. The number of pyridine rings is 1. The first-order valence-electron chi connectivity index (χ1n) is 10.8. The van der Waals surface area contributed by atoms with E-state index in [4.69, 9.17) is 16.3 Å². The molecular weight excluding hydrogens is 478 g/mol.